The molecule has 6 nitrogen and oxygen atoms in total. The van der Waals surface area contributed by atoms with Crippen LogP contribution in [0, 0.1) is 0 Å². The van der Waals surface area contributed by atoms with E-state index in [1.807, 2.05) is 0 Å². The standard InChI is InChI=1S/C24H15NO5S2/c26-21-20(32-24(31)25-21)14-15-11-12-18(29-22(27)16-7-3-1-4-8-16)19(13-15)30-23(28)17-9-5-2-6-10-17/h1-14H,(H,25,26,31)/b20-14-. The normalized spacial score (nSPS) is 14.2. The van der Waals surface area contributed by atoms with Gasteiger partial charge in [0.15, 0.2) is 11.5 Å². The first-order valence-electron chi connectivity index (χ1n) is 9.43. The summed E-state index contributed by atoms with van der Waals surface area (Å²) in [4.78, 5) is 37.5. The summed E-state index contributed by atoms with van der Waals surface area (Å²) in [5, 5.41) is 2.54. The van der Waals surface area contributed by atoms with Gasteiger partial charge in [-0.05, 0) is 48.0 Å². The van der Waals surface area contributed by atoms with Crippen molar-refractivity contribution in [2.24, 2.45) is 0 Å². The van der Waals surface area contributed by atoms with Crippen LogP contribution in [0.5, 0.6) is 11.5 Å². The van der Waals surface area contributed by atoms with Crippen LogP contribution in [0.4, 0.5) is 0 Å². The van der Waals surface area contributed by atoms with Crippen LogP contribution in [-0.4, -0.2) is 22.2 Å². The average Bonchev–Trinajstić information content (AvgIpc) is 3.13. The summed E-state index contributed by atoms with van der Waals surface area (Å²) in [6.45, 7) is 0. The van der Waals surface area contributed by atoms with Gasteiger partial charge in [0.25, 0.3) is 5.91 Å². The molecule has 32 heavy (non-hydrogen) atoms. The minimum atomic E-state index is -0.610. The van der Waals surface area contributed by atoms with E-state index in [0.29, 0.717) is 25.9 Å². The van der Waals surface area contributed by atoms with Crippen molar-refractivity contribution in [3.05, 3.63) is 100 Å². The third kappa shape index (κ3) is 5.11. The molecule has 0 spiro atoms. The van der Waals surface area contributed by atoms with Gasteiger partial charge in [0.2, 0.25) is 0 Å². The zero-order valence-electron chi connectivity index (χ0n) is 16.4. The Morgan fingerprint density at radius 2 is 1.38 bits per heavy atom. The molecule has 1 saturated heterocycles. The van der Waals surface area contributed by atoms with E-state index in [2.05, 4.69) is 5.32 Å². The van der Waals surface area contributed by atoms with Crippen LogP contribution < -0.4 is 14.8 Å². The van der Waals surface area contributed by atoms with Gasteiger partial charge in [0.05, 0.1) is 16.0 Å². The molecule has 1 N–H and O–H groups in total. The second kappa shape index (κ2) is 9.59. The maximum Gasteiger partial charge on any atom is 0.343 e. The topological polar surface area (TPSA) is 81.7 Å². The number of rotatable bonds is 5. The van der Waals surface area contributed by atoms with Gasteiger partial charge in [0.1, 0.15) is 4.32 Å². The van der Waals surface area contributed by atoms with E-state index in [1.165, 1.54) is 12.1 Å². The summed E-state index contributed by atoms with van der Waals surface area (Å²) in [5.41, 5.74) is 1.27. The maximum absolute atomic E-state index is 12.6. The number of thiocarbonyl (C=S) groups is 1. The Morgan fingerprint density at radius 1 is 0.812 bits per heavy atom. The summed E-state index contributed by atoms with van der Waals surface area (Å²) in [7, 11) is 0. The lowest BCUT2D eigenvalue weighted by atomic mass is 10.1. The molecule has 0 saturated carbocycles. The molecule has 8 heteroatoms. The van der Waals surface area contributed by atoms with Crippen LogP contribution in [0.25, 0.3) is 6.08 Å². The number of thioether (sulfide) groups is 1. The Morgan fingerprint density at radius 3 is 1.91 bits per heavy atom. The second-order valence-electron chi connectivity index (χ2n) is 6.57. The predicted molar refractivity (Wildman–Crippen MR) is 126 cm³/mol. The molecular formula is C24H15NO5S2. The number of ether oxygens (including phenoxy) is 2. The smallest absolute Gasteiger partial charge is 0.343 e. The number of benzene rings is 3. The minimum absolute atomic E-state index is 0.0449. The zero-order valence-corrected chi connectivity index (χ0v) is 18.1. The first-order valence-corrected chi connectivity index (χ1v) is 10.7. The van der Waals surface area contributed by atoms with Crippen molar-refractivity contribution in [3.63, 3.8) is 0 Å². The molecule has 1 aliphatic heterocycles. The van der Waals surface area contributed by atoms with Crippen molar-refractivity contribution in [1.29, 1.82) is 0 Å². The van der Waals surface area contributed by atoms with Crippen LogP contribution in [0.1, 0.15) is 26.3 Å². The Balaban J connectivity index is 1.66. The number of amides is 1. The molecule has 0 aliphatic carbocycles. The highest BCUT2D eigenvalue weighted by Crippen LogP contribution is 2.33. The van der Waals surface area contributed by atoms with Crippen molar-refractivity contribution < 1.29 is 23.9 Å². The van der Waals surface area contributed by atoms with E-state index in [1.54, 1.807) is 72.8 Å². The van der Waals surface area contributed by atoms with Gasteiger partial charge in [-0.15, -0.1) is 0 Å². The second-order valence-corrected chi connectivity index (χ2v) is 8.29. The van der Waals surface area contributed by atoms with Crippen LogP contribution in [0.15, 0.2) is 83.8 Å². The number of hydrogen-bond donors (Lipinski definition) is 1. The number of nitrogens with one attached hydrogen (secondary N) is 1. The molecule has 0 aromatic heterocycles. The van der Waals surface area contributed by atoms with Gasteiger partial charge in [-0.25, -0.2) is 9.59 Å². The monoisotopic (exact) mass is 461 g/mol. The van der Waals surface area contributed by atoms with E-state index >= 15 is 0 Å². The van der Waals surface area contributed by atoms with Crippen LogP contribution in [-0.2, 0) is 4.79 Å². The molecule has 3 aromatic rings. The van der Waals surface area contributed by atoms with Crippen molar-refractivity contribution in [2.45, 2.75) is 0 Å². The van der Waals surface area contributed by atoms with E-state index in [-0.39, 0.29) is 17.4 Å². The lowest BCUT2D eigenvalue weighted by Crippen LogP contribution is -2.17. The van der Waals surface area contributed by atoms with Gasteiger partial charge < -0.3 is 14.8 Å². The molecule has 4 rings (SSSR count). The largest absolute Gasteiger partial charge is 0.419 e. The van der Waals surface area contributed by atoms with E-state index in [0.717, 1.165) is 11.8 Å². The molecule has 1 fully saturated rings. The van der Waals surface area contributed by atoms with Gasteiger partial charge in [-0.3, -0.25) is 4.79 Å². The molecule has 0 bridgehead atoms. The summed E-state index contributed by atoms with van der Waals surface area (Å²) in [6.07, 6.45) is 1.61. The van der Waals surface area contributed by atoms with Gasteiger partial charge in [-0.1, -0.05) is 66.4 Å². The predicted octanol–water partition coefficient (Wildman–Crippen LogP) is 4.61. The summed E-state index contributed by atoms with van der Waals surface area (Å²) in [6, 6.07) is 21.6. The van der Waals surface area contributed by atoms with Crippen LogP contribution in [0.2, 0.25) is 0 Å². The van der Waals surface area contributed by atoms with E-state index < -0.39 is 11.9 Å². The van der Waals surface area contributed by atoms with E-state index in [4.69, 9.17) is 21.7 Å². The Bertz CT molecular complexity index is 1240. The summed E-state index contributed by atoms with van der Waals surface area (Å²) in [5.74, 6) is -1.39. The van der Waals surface area contributed by atoms with Gasteiger partial charge in [-0.2, -0.15) is 0 Å². The number of carbonyl (C=O) groups is 3. The molecule has 158 valence electrons. The molecule has 1 aliphatic rings. The van der Waals surface area contributed by atoms with Crippen LogP contribution >= 0.6 is 24.0 Å². The Hall–Kier alpha value is -3.75. The van der Waals surface area contributed by atoms with Crippen LogP contribution in [0.3, 0.4) is 0 Å². The molecule has 0 unspecified atom stereocenters. The first-order chi connectivity index (χ1) is 15.5. The van der Waals surface area contributed by atoms with Crippen molar-refractivity contribution >= 4 is 52.2 Å². The first kappa shape index (κ1) is 21.5. The third-order valence-corrected chi connectivity index (χ3v) is 5.49. The fourth-order valence-corrected chi connectivity index (χ4v) is 3.86. The summed E-state index contributed by atoms with van der Waals surface area (Å²) >= 11 is 6.14. The van der Waals surface area contributed by atoms with Crippen molar-refractivity contribution in [2.75, 3.05) is 0 Å². The highest BCUT2D eigenvalue weighted by molar-refractivity contribution is 8.26. The Labute approximate surface area is 193 Å². The lowest BCUT2D eigenvalue weighted by molar-refractivity contribution is -0.115. The molecular weight excluding hydrogens is 446 g/mol. The maximum atomic E-state index is 12.6. The molecule has 1 amide bonds. The molecule has 1 heterocycles. The zero-order chi connectivity index (χ0) is 22.5. The lowest BCUT2D eigenvalue weighted by Gasteiger charge is -2.12. The van der Waals surface area contributed by atoms with Crippen molar-refractivity contribution in [1.82, 2.24) is 5.32 Å². The molecule has 3 aromatic carbocycles. The molecule has 0 atom stereocenters. The highest BCUT2D eigenvalue weighted by Gasteiger charge is 2.23. The Kier molecular flexibility index (Phi) is 6.44. The SMILES string of the molecule is O=C1NC(=S)S/C1=C\c1ccc(OC(=O)c2ccccc2)c(OC(=O)c2ccccc2)c1. The third-order valence-electron chi connectivity index (χ3n) is 4.33. The fraction of sp³-hybridized carbons (Fsp3) is 0. The minimum Gasteiger partial charge on any atom is -0.419 e. The highest BCUT2D eigenvalue weighted by atomic mass is 32.2. The quantitative estimate of drug-likeness (QED) is 0.257. The number of hydrogen-bond acceptors (Lipinski definition) is 7. The van der Waals surface area contributed by atoms with E-state index in [9.17, 15) is 14.4 Å². The fourth-order valence-electron chi connectivity index (χ4n) is 2.82. The summed E-state index contributed by atoms with van der Waals surface area (Å²) < 4.78 is 11.4. The van der Waals surface area contributed by atoms with Crippen molar-refractivity contribution in [3.8, 4) is 11.5 Å². The number of esters is 2. The van der Waals surface area contributed by atoms with Gasteiger partial charge in [0, 0.05) is 0 Å². The molecule has 0 radical (unpaired) electrons. The van der Waals surface area contributed by atoms with Gasteiger partial charge >= 0.3 is 11.9 Å². The number of carbonyl (C=O) groups excluding carboxylic acids is 3. The average molecular weight is 462 g/mol.